The molecule has 0 bridgehead atoms. The molecule has 0 radical (unpaired) electrons. The summed E-state index contributed by atoms with van der Waals surface area (Å²) in [5.74, 6) is -2.92. The monoisotopic (exact) mass is 437 g/mol. The number of nitrogens with one attached hydrogen (secondary N) is 1. The maximum atomic E-state index is 13.0. The quantitative estimate of drug-likeness (QED) is 0.226. The number of ether oxygens (including phenoxy) is 2. The third-order valence-electron chi connectivity index (χ3n) is 5.16. The normalized spacial score (nSPS) is 26.4. The first kappa shape index (κ1) is 21.9. The van der Waals surface area contributed by atoms with Crippen LogP contribution in [0.25, 0.3) is 0 Å². The van der Waals surface area contributed by atoms with Crippen LogP contribution >= 0.6 is 11.8 Å². The van der Waals surface area contributed by atoms with Gasteiger partial charge in [-0.3, -0.25) is 15.3 Å². The molecule has 3 atom stereocenters. The molecule has 10 nitrogen and oxygen atoms in total. The summed E-state index contributed by atoms with van der Waals surface area (Å²) in [4.78, 5) is 51.1. The van der Waals surface area contributed by atoms with E-state index in [-0.39, 0.29) is 13.2 Å². The third kappa shape index (κ3) is 3.37. The Bertz CT molecular complexity index is 889. The molecular formula is C19H23N3O7S. The lowest BCUT2D eigenvalue weighted by molar-refractivity contribution is -0.180. The minimum atomic E-state index is -1.96. The van der Waals surface area contributed by atoms with Gasteiger partial charge in [0.05, 0.1) is 13.5 Å². The van der Waals surface area contributed by atoms with E-state index in [4.69, 9.17) is 15.2 Å². The molecule has 0 spiro atoms. The first-order valence-corrected chi connectivity index (χ1v) is 10.0. The summed E-state index contributed by atoms with van der Waals surface area (Å²) in [5, 5.41) is 11.2. The van der Waals surface area contributed by atoms with Crippen molar-refractivity contribution in [2.24, 2.45) is 5.73 Å². The van der Waals surface area contributed by atoms with Gasteiger partial charge < -0.3 is 24.8 Å². The van der Waals surface area contributed by atoms with E-state index in [0.717, 1.165) is 23.8 Å². The molecular weight excluding hydrogens is 414 g/mol. The predicted molar refractivity (Wildman–Crippen MR) is 106 cm³/mol. The molecule has 0 aliphatic carbocycles. The molecule has 2 aliphatic heterocycles. The summed E-state index contributed by atoms with van der Waals surface area (Å²) < 4.78 is 9.09. The van der Waals surface area contributed by atoms with Crippen LogP contribution in [0.4, 0.5) is 0 Å². The number of nitrogens with two attached hydrogens (primary N) is 1. The molecule has 2 amide bonds. The standard InChI is InChI=1S/C19H23N3O7S/c1-18(2)13(14(24)25)22-15(26)19(16(22)30-18,17(27)28-3)21-12(23)8-10-4-6-11(7-5-10)29-9-20/h4-7,13,16H,8-9,20H2,1-3H3,(H,21,23)(H,24,25)/t13-,16+,19-/m0/s1. The zero-order valence-corrected chi connectivity index (χ0v) is 17.5. The number of hydrogen-bond acceptors (Lipinski definition) is 8. The maximum Gasteiger partial charge on any atom is 0.344 e. The Hall–Kier alpha value is -2.79. The second-order valence-corrected chi connectivity index (χ2v) is 9.24. The smallest absolute Gasteiger partial charge is 0.344 e. The number of β-lactam (4-membered cyclic amide) rings is 1. The molecule has 162 valence electrons. The highest BCUT2D eigenvalue weighted by Crippen LogP contribution is 2.55. The van der Waals surface area contributed by atoms with Crippen LogP contribution < -0.4 is 15.8 Å². The van der Waals surface area contributed by atoms with Gasteiger partial charge in [-0.2, -0.15) is 0 Å². The van der Waals surface area contributed by atoms with Crippen LogP contribution in [0.5, 0.6) is 5.75 Å². The number of amides is 2. The van der Waals surface area contributed by atoms with E-state index in [2.05, 4.69) is 5.32 Å². The molecule has 2 saturated heterocycles. The van der Waals surface area contributed by atoms with Crippen molar-refractivity contribution in [2.45, 2.75) is 42.0 Å². The van der Waals surface area contributed by atoms with Gasteiger partial charge in [0.25, 0.3) is 5.91 Å². The Balaban J connectivity index is 1.82. The van der Waals surface area contributed by atoms with Crippen molar-refractivity contribution < 1.29 is 33.8 Å². The van der Waals surface area contributed by atoms with Gasteiger partial charge in [-0.05, 0) is 31.5 Å². The van der Waals surface area contributed by atoms with Gasteiger partial charge in [0.1, 0.15) is 23.9 Å². The number of esters is 1. The number of benzene rings is 1. The van der Waals surface area contributed by atoms with Gasteiger partial charge in [-0.1, -0.05) is 12.1 Å². The van der Waals surface area contributed by atoms with Crippen LogP contribution in [0.3, 0.4) is 0 Å². The van der Waals surface area contributed by atoms with Crippen molar-refractivity contribution in [3.63, 3.8) is 0 Å². The predicted octanol–water partition coefficient (Wildman–Crippen LogP) is -0.301. The van der Waals surface area contributed by atoms with Crippen molar-refractivity contribution >= 4 is 35.5 Å². The van der Waals surface area contributed by atoms with Crippen molar-refractivity contribution in [3.05, 3.63) is 29.8 Å². The number of carbonyl (C=O) groups is 4. The highest BCUT2D eigenvalue weighted by Gasteiger charge is 2.76. The van der Waals surface area contributed by atoms with Gasteiger partial charge >= 0.3 is 11.9 Å². The van der Waals surface area contributed by atoms with Gasteiger partial charge in [0, 0.05) is 4.75 Å². The Kier molecular flexibility index (Phi) is 5.70. The zero-order valence-electron chi connectivity index (χ0n) is 16.7. The first-order valence-electron chi connectivity index (χ1n) is 9.13. The number of rotatable bonds is 7. The van der Waals surface area contributed by atoms with E-state index < -0.39 is 45.5 Å². The minimum Gasteiger partial charge on any atom is -0.480 e. The van der Waals surface area contributed by atoms with Crippen LogP contribution in [0.1, 0.15) is 19.4 Å². The summed E-state index contributed by atoms with van der Waals surface area (Å²) >= 11 is 1.14. The number of carbonyl (C=O) groups excluding carboxylic acids is 3. The average Bonchev–Trinajstić information content (AvgIpc) is 2.96. The number of hydrogen-bond donors (Lipinski definition) is 3. The lowest BCUT2D eigenvalue weighted by Gasteiger charge is -2.50. The number of thioether (sulfide) groups is 1. The minimum absolute atomic E-state index is 0.0207. The summed E-state index contributed by atoms with van der Waals surface area (Å²) in [5.41, 5.74) is 3.98. The van der Waals surface area contributed by atoms with E-state index >= 15 is 0 Å². The van der Waals surface area contributed by atoms with E-state index in [1.807, 2.05) is 0 Å². The number of carboxylic acids is 1. The highest BCUT2D eigenvalue weighted by atomic mass is 32.2. The van der Waals surface area contributed by atoms with Crippen LogP contribution in [0.2, 0.25) is 0 Å². The largest absolute Gasteiger partial charge is 0.480 e. The van der Waals surface area contributed by atoms with Gasteiger partial charge in [0.2, 0.25) is 11.4 Å². The SMILES string of the molecule is COC(=O)[C@]1(NC(=O)Cc2ccc(OCN)cc2)C(=O)N2[C@@H](C(=O)O)C(C)(C)S[C@@H]21. The highest BCUT2D eigenvalue weighted by molar-refractivity contribution is 8.01. The zero-order chi connectivity index (χ0) is 22.3. The number of nitrogens with zero attached hydrogens (tertiary/aromatic N) is 1. The van der Waals surface area contributed by atoms with E-state index in [1.165, 1.54) is 0 Å². The Morgan fingerprint density at radius 2 is 1.90 bits per heavy atom. The summed E-state index contributed by atoms with van der Waals surface area (Å²) in [7, 11) is 1.11. The van der Waals surface area contributed by atoms with Crippen LogP contribution in [0.15, 0.2) is 24.3 Å². The number of methoxy groups -OCH3 is 1. The summed E-state index contributed by atoms with van der Waals surface area (Å²) in [6, 6.07) is 5.50. The fraction of sp³-hybridized carbons (Fsp3) is 0.474. The number of aliphatic carboxylic acids is 1. The van der Waals surface area contributed by atoms with Crippen molar-refractivity contribution in [3.8, 4) is 5.75 Å². The molecule has 2 heterocycles. The molecule has 30 heavy (non-hydrogen) atoms. The third-order valence-corrected chi connectivity index (χ3v) is 6.80. The van der Waals surface area contributed by atoms with E-state index in [0.29, 0.717) is 11.3 Å². The first-order chi connectivity index (χ1) is 14.1. The molecule has 2 aliphatic rings. The van der Waals surface area contributed by atoms with E-state index in [9.17, 15) is 24.3 Å². The van der Waals surface area contributed by atoms with Crippen molar-refractivity contribution in [1.82, 2.24) is 10.2 Å². The second-order valence-electron chi connectivity index (χ2n) is 7.51. The van der Waals surface area contributed by atoms with Crippen LogP contribution in [-0.4, -0.2) is 69.3 Å². The van der Waals surface area contributed by atoms with Gasteiger partial charge in [0.15, 0.2) is 0 Å². The van der Waals surface area contributed by atoms with Crippen LogP contribution in [0, 0.1) is 0 Å². The molecule has 3 rings (SSSR count). The average molecular weight is 437 g/mol. The lowest BCUT2D eigenvalue weighted by Crippen LogP contribution is -2.82. The molecule has 1 aromatic rings. The van der Waals surface area contributed by atoms with Crippen LogP contribution in [-0.2, 0) is 30.3 Å². The summed E-state index contributed by atoms with van der Waals surface area (Å²) in [6.07, 6.45) is -0.0991. The number of carboxylic acid groups (broad SMARTS) is 1. The van der Waals surface area contributed by atoms with Gasteiger partial charge in [-0.25, -0.2) is 9.59 Å². The molecule has 0 unspecified atom stereocenters. The molecule has 2 fully saturated rings. The van der Waals surface area contributed by atoms with Gasteiger partial charge in [-0.15, -0.1) is 11.8 Å². The fourth-order valence-electron chi connectivity index (χ4n) is 3.82. The Morgan fingerprint density at radius 3 is 2.43 bits per heavy atom. The van der Waals surface area contributed by atoms with Crippen molar-refractivity contribution in [2.75, 3.05) is 13.8 Å². The number of fused-ring (bicyclic) bond motifs is 1. The second kappa shape index (κ2) is 7.80. The molecule has 11 heteroatoms. The lowest BCUT2D eigenvalue weighted by atomic mass is 9.84. The van der Waals surface area contributed by atoms with Crippen molar-refractivity contribution in [1.29, 1.82) is 0 Å². The molecule has 1 aromatic carbocycles. The summed E-state index contributed by atoms with van der Waals surface area (Å²) in [6.45, 7) is 3.38. The molecule has 4 N–H and O–H groups in total. The molecule has 0 saturated carbocycles. The topological polar surface area (TPSA) is 148 Å². The molecule has 0 aromatic heterocycles. The Morgan fingerprint density at radius 1 is 1.27 bits per heavy atom. The Labute approximate surface area is 177 Å². The fourth-order valence-corrected chi connectivity index (χ4v) is 5.51. The maximum absolute atomic E-state index is 13.0. The van der Waals surface area contributed by atoms with E-state index in [1.54, 1.807) is 38.1 Å².